The van der Waals surface area contributed by atoms with Gasteiger partial charge in [0.2, 0.25) is 10.0 Å². The van der Waals surface area contributed by atoms with Crippen LogP contribution in [-0.2, 0) is 14.8 Å². The second-order valence-electron chi connectivity index (χ2n) is 6.45. The van der Waals surface area contributed by atoms with Crippen LogP contribution < -0.4 is 20.1 Å². The van der Waals surface area contributed by atoms with Crippen molar-refractivity contribution in [2.45, 2.75) is 17.9 Å². The Labute approximate surface area is 160 Å². The van der Waals surface area contributed by atoms with Gasteiger partial charge in [0.25, 0.3) is 5.91 Å². The van der Waals surface area contributed by atoms with Crippen molar-refractivity contribution in [3.63, 3.8) is 0 Å². The third kappa shape index (κ3) is 7.01. The van der Waals surface area contributed by atoms with Crippen LogP contribution in [0, 0.1) is 0 Å². The van der Waals surface area contributed by atoms with E-state index < -0.39 is 10.0 Å². The number of sulfonamides is 1. The lowest BCUT2D eigenvalue weighted by Gasteiger charge is -2.18. The number of carbonyl (C=O) groups is 1. The van der Waals surface area contributed by atoms with Crippen LogP contribution in [0.3, 0.4) is 0 Å². The van der Waals surface area contributed by atoms with Crippen molar-refractivity contribution < 1.29 is 22.8 Å². The van der Waals surface area contributed by atoms with Gasteiger partial charge in [0, 0.05) is 0 Å². The molecule has 0 heterocycles. The fraction of sp³-hybridized carbons (Fsp3) is 0.316. The molecular formula is C19H26N3O4S+. The summed E-state index contributed by atoms with van der Waals surface area (Å²) in [7, 11) is -1.79. The number of nitrogens with one attached hydrogen (secondary N) is 2. The van der Waals surface area contributed by atoms with Gasteiger partial charge in [-0.15, -0.1) is 0 Å². The predicted octanol–water partition coefficient (Wildman–Crippen LogP) is 0.105. The van der Waals surface area contributed by atoms with Crippen molar-refractivity contribution in [2.24, 2.45) is 5.14 Å². The fourth-order valence-electron chi connectivity index (χ4n) is 2.54. The van der Waals surface area contributed by atoms with E-state index in [2.05, 4.69) is 5.32 Å². The molecule has 0 aliphatic carbocycles. The van der Waals surface area contributed by atoms with Gasteiger partial charge in [-0.25, -0.2) is 13.6 Å². The smallest absolute Gasteiger partial charge is 0.275 e. The van der Waals surface area contributed by atoms with Crippen LogP contribution in [0.4, 0.5) is 0 Å². The minimum Gasteiger partial charge on any atom is -0.488 e. The SMILES string of the molecule is C[C@@H](NC(=O)C[NH+](C)CCOc1ccccc1)c1ccc(S(N)(=O)=O)cc1. The zero-order valence-electron chi connectivity index (χ0n) is 15.5. The molecule has 2 aromatic rings. The molecule has 0 spiro atoms. The number of amides is 1. The zero-order valence-corrected chi connectivity index (χ0v) is 16.3. The van der Waals surface area contributed by atoms with Crippen molar-refractivity contribution in [3.05, 3.63) is 60.2 Å². The molecule has 1 unspecified atom stereocenters. The maximum absolute atomic E-state index is 12.2. The summed E-state index contributed by atoms with van der Waals surface area (Å²) in [5, 5.41) is 8.00. The molecular weight excluding hydrogens is 366 g/mol. The van der Waals surface area contributed by atoms with E-state index in [0.717, 1.165) is 16.2 Å². The second kappa shape index (κ2) is 9.50. The Kier molecular flexibility index (Phi) is 7.35. The summed E-state index contributed by atoms with van der Waals surface area (Å²) in [4.78, 5) is 13.3. The van der Waals surface area contributed by atoms with E-state index in [1.165, 1.54) is 12.1 Å². The molecule has 0 bridgehead atoms. The first-order valence-corrected chi connectivity index (χ1v) is 10.2. The molecule has 4 N–H and O–H groups in total. The molecule has 0 aliphatic rings. The van der Waals surface area contributed by atoms with Crippen LogP contribution in [0.25, 0.3) is 0 Å². The lowest BCUT2D eigenvalue weighted by molar-refractivity contribution is -0.871. The average Bonchev–Trinajstić information content (AvgIpc) is 2.61. The third-order valence-electron chi connectivity index (χ3n) is 4.09. The summed E-state index contributed by atoms with van der Waals surface area (Å²) in [5.74, 6) is 0.724. The molecule has 0 saturated heterocycles. The number of benzene rings is 2. The van der Waals surface area contributed by atoms with E-state index in [1.807, 2.05) is 44.3 Å². The number of quaternary nitrogens is 1. The number of nitrogens with two attached hydrogens (primary N) is 1. The Balaban J connectivity index is 1.77. The first-order chi connectivity index (χ1) is 12.8. The number of likely N-dealkylation sites (N-methyl/N-ethyl adjacent to an activating group) is 1. The van der Waals surface area contributed by atoms with Crippen LogP contribution in [0.2, 0.25) is 0 Å². The lowest BCUT2D eigenvalue weighted by Crippen LogP contribution is -3.10. The van der Waals surface area contributed by atoms with E-state index in [1.54, 1.807) is 12.1 Å². The maximum Gasteiger partial charge on any atom is 0.275 e. The van der Waals surface area contributed by atoms with Crippen molar-refractivity contribution >= 4 is 15.9 Å². The van der Waals surface area contributed by atoms with Gasteiger partial charge in [-0.3, -0.25) is 4.79 Å². The van der Waals surface area contributed by atoms with E-state index in [0.29, 0.717) is 19.7 Å². The molecule has 7 nitrogen and oxygen atoms in total. The number of para-hydroxylation sites is 1. The van der Waals surface area contributed by atoms with Crippen LogP contribution >= 0.6 is 0 Å². The topological polar surface area (TPSA) is 103 Å². The largest absolute Gasteiger partial charge is 0.488 e. The average molecular weight is 393 g/mol. The Morgan fingerprint density at radius 3 is 2.37 bits per heavy atom. The Morgan fingerprint density at radius 2 is 1.78 bits per heavy atom. The molecule has 2 aromatic carbocycles. The minimum atomic E-state index is -3.72. The Morgan fingerprint density at radius 1 is 1.15 bits per heavy atom. The van der Waals surface area contributed by atoms with Crippen LogP contribution in [0.15, 0.2) is 59.5 Å². The van der Waals surface area contributed by atoms with E-state index in [4.69, 9.17) is 9.88 Å². The highest BCUT2D eigenvalue weighted by Crippen LogP contribution is 2.15. The summed E-state index contributed by atoms with van der Waals surface area (Å²) < 4.78 is 28.2. The number of hydrogen-bond acceptors (Lipinski definition) is 4. The van der Waals surface area contributed by atoms with Crippen LogP contribution in [0.5, 0.6) is 5.75 Å². The molecule has 1 amide bonds. The Bertz CT molecular complexity index is 839. The molecule has 2 atom stereocenters. The van der Waals surface area contributed by atoms with Gasteiger partial charge in [-0.2, -0.15) is 0 Å². The van der Waals surface area contributed by atoms with Crippen LogP contribution in [-0.4, -0.2) is 41.1 Å². The fourth-order valence-corrected chi connectivity index (χ4v) is 3.06. The van der Waals surface area contributed by atoms with Crippen molar-refractivity contribution in [1.29, 1.82) is 0 Å². The molecule has 0 aromatic heterocycles. The minimum absolute atomic E-state index is 0.0485. The summed E-state index contributed by atoms with van der Waals surface area (Å²) in [6, 6.07) is 15.5. The molecule has 8 heteroatoms. The standard InChI is InChI=1S/C19H25N3O4S/c1-15(16-8-10-18(11-9-16)27(20,24)25)21-19(23)14-22(2)12-13-26-17-6-4-3-5-7-17/h3-11,15H,12-14H2,1-2H3,(H,21,23)(H2,20,24,25)/p+1/t15-/m1/s1. The van der Waals surface area contributed by atoms with Gasteiger partial charge < -0.3 is 15.0 Å². The maximum atomic E-state index is 12.2. The quantitative estimate of drug-likeness (QED) is 0.563. The summed E-state index contributed by atoms with van der Waals surface area (Å²) >= 11 is 0. The molecule has 0 aliphatic heterocycles. The molecule has 0 saturated carbocycles. The van der Waals surface area contributed by atoms with Crippen LogP contribution in [0.1, 0.15) is 18.5 Å². The molecule has 0 fully saturated rings. The van der Waals surface area contributed by atoms with Gasteiger partial charge in [0.1, 0.15) is 18.9 Å². The first-order valence-electron chi connectivity index (χ1n) is 8.67. The highest BCUT2D eigenvalue weighted by Gasteiger charge is 2.15. The molecule has 0 radical (unpaired) electrons. The Hall–Kier alpha value is -2.42. The van der Waals surface area contributed by atoms with Gasteiger partial charge >= 0.3 is 0 Å². The van der Waals surface area contributed by atoms with Gasteiger partial charge in [-0.1, -0.05) is 30.3 Å². The van der Waals surface area contributed by atoms with Crippen molar-refractivity contribution in [2.75, 3.05) is 26.7 Å². The zero-order chi connectivity index (χ0) is 19.9. The predicted molar refractivity (Wildman–Crippen MR) is 103 cm³/mol. The molecule has 27 heavy (non-hydrogen) atoms. The third-order valence-corrected chi connectivity index (χ3v) is 5.02. The lowest BCUT2D eigenvalue weighted by atomic mass is 10.1. The van der Waals surface area contributed by atoms with Crippen molar-refractivity contribution in [1.82, 2.24) is 5.32 Å². The second-order valence-corrected chi connectivity index (χ2v) is 8.01. The number of ether oxygens (including phenoxy) is 1. The number of primary sulfonamides is 1. The first kappa shape index (κ1) is 20.9. The van der Waals surface area contributed by atoms with Gasteiger partial charge in [-0.05, 0) is 36.8 Å². The highest BCUT2D eigenvalue weighted by molar-refractivity contribution is 7.89. The van der Waals surface area contributed by atoms with E-state index in [-0.39, 0.29) is 16.8 Å². The van der Waals surface area contributed by atoms with Gasteiger partial charge in [0.15, 0.2) is 6.54 Å². The molecule has 146 valence electrons. The number of hydrogen-bond donors (Lipinski definition) is 3. The summed E-state index contributed by atoms with van der Waals surface area (Å²) in [6.07, 6.45) is 0. The van der Waals surface area contributed by atoms with E-state index in [9.17, 15) is 13.2 Å². The monoisotopic (exact) mass is 392 g/mol. The van der Waals surface area contributed by atoms with E-state index >= 15 is 0 Å². The summed E-state index contributed by atoms with van der Waals surface area (Å²) in [6.45, 7) is 3.38. The summed E-state index contributed by atoms with van der Waals surface area (Å²) in [5.41, 5.74) is 0.806. The van der Waals surface area contributed by atoms with Crippen molar-refractivity contribution in [3.8, 4) is 5.75 Å². The number of carbonyl (C=O) groups excluding carboxylic acids is 1. The van der Waals surface area contributed by atoms with Gasteiger partial charge in [0.05, 0.1) is 18.0 Å². The highest BCUT2D eigenvalue weighted by atomic mass is 32.2. The molecule has 2 rings (SSSR count). The number of rotatable bonds is 9. The normalized spacial score (nSPS) is 13.6.